The van der Waals surface area contributed by atoms with E-state index in [-0.39, 0.29) is 12.2 Å². The van der Waals surface area contributed by atoms with Crippen LogP contribution in [0, 0.1) is 0 Å². The number of nitrogens with zero attached hydrogens (tertiary/aromatic N) is 1. The molecule has 0 N–H and O–H groups in total. The second-order valence-electron chi connectivity index (χ2n) is 2.89. The van der Waals surface area contributed by atoms with Crippen molar-refractivity contribution in [2.45, 2.75) is 6.92 Å². The molecule has 5 heteroatoms. The van der Waals surface area contributed by atoms with Crippen molar-refractivity contribution in [1.29, 1.82) is 0 Å². The smallest absolute Gasteiger partial charge is 0.430 e. The average molecular weight is 223 g/mol. The summed E-state index contributed by atoms with van der Waals surface area (Å²) in [6.45, 7) is 1.97. The molecule has 1 heterocycles. The molecule has 0 amide bonds. The van der Waals surface area contributed by atoms with Gasteiger partial charge in [-0.3, -0.25) is 4.79 Å². The van der Waals surface area contributed by atoms with Gasteiger partial charge in [0.25, 0.3) is 5.56 Å². The van der Waals surface area contributed by atoms with Gasteiger partial charge in [-0.1, -0.05) is 12.1 Å². The zero-order valence-electron chi connectivity index (χ0n) is 8.10. The number of hydrogen-bond acceptors (Lipinski definition) is 4. The minimum atomic E-state index is -0.608. The van der Waals surface area contributed by atoms with Crippen molar-refractivity contribution in [2.75, 3.05) is 6.61 Å². The topological polar surface area (TPSA) is 48.3 Å². The van der Waals surface area contributed by atoms with Gasteiger partial charge in [0.15, 0.2) is 0 Å². The zero-order chi connectivity index (χ0) is 10.8. The molecule has 1 aromatic carbocycles. The maximum atomic E-state index is 11.7. The van der Waals surface area contributed by atoms with Crippen LogP contribution >= 0.6 is 11.5 Å². The Labute approximate surface area is 89.9 Å². The van der Waals surface area contributed by atoms with Gasteiger partial charge < -0.3 is 4.74 Å². The van der Waals surface area contributed by atoms with E-state index in [1.54, 1.807) is 25.1 Å². The molecule has 15 heavy (non-hydrogen) atoms. The molecule has 0 atom stereocenters. The molecule has 78 valence electrons. The van der Waals surface area contributed by atoms with Gasteiger partial charge in [0.2, 0.25) is 0 Å². The van der Waals surface area contributed by atoms with Crippen LogP contribution in [0.3, 0.4) is 0 Å². The van der Waals surface area contributed by atoms with Gasteiger partial charge in [0, 0.05) is 0 Å². The number of carbonyl (C=O) groups excluding carboxylic acids is 1. The number of ether oxygens (including phenoxy) is 1. The van der Waals surface area contributed by atoms with Crippen molar-refractivity contribution >= 4 is 27.7 Å². The van der Waals surface area contributed by atoms with E-state index in [9.17, 15) is 9.59 Å². The monoisotopic (exact) mass is 223 g/mol. The Kier molecular flexibility index (Phi) is 2.55. The number of benzene rings is 1. The van der Waals surface area contributed by atoms with Gasteiger partial charge >= 0.3 is 6.09 Å². The summed E-state index contributed by atoms with van der Waals surface area (Å²) in [7, 11) is 0. The van der Waals surface area contributed by atoms with Gasteiger partial charge in [-0.2, -0.15) is 3.96 Å². The van der Waals surface area contributed by atoms with Crippen LogP contribution in [0.1, 0.15) is 6.92 Å². The molecule has 0 aliphatic carbocycles. The molecule has 4 nitrogen and oxygen atoms in total. The highest BCUT2D eigenvalue weighted by atomic mass is 32.1. The van der Waals surface area contributed by atoms with Crippen molar-refractivity contribution in [3.63, 3.8) is 0 Å². The molecule has 0 spiro atoms. The molecule has 0 aliphatic rings. The Balaban J connectivity index is 2.58. The van der Waals surface area contributed by atoms with Gasteiger partial charge in [-0.15, -0.1) is 0 Å². The highest BCUT2D eigenvalue weighted by molar-refractivity contribution is 7.14. The van der Waals surface area contributed by atoms with Crippen molar-refractivity contribution in [1.82, 2.24) is 3.96 Å². The first-order valence-corrected chi connectivity index (χ1v) is 5.29. The largest absolute Gasteiger partial charge is 0.449 e. The summed E-state index contributed by atoms with van der Waals surface area (Å²) < 4.78 is 6.60. The van der Waals surface area contributed by atoms with Crippen LogP contribution in [-0.4, -0.2) is 16.7 Å². The standard InChI is InChI=1S/C10H9NO3S/c1-2-14-10(13)11-9(12)7-5-3-4-6-8(7)15-11/h3-6H,2H2,1H3. The molecule has 0 aliphatic heterocycles. The summed E-state index contributed by atoms with van der Waals surface area (Å²) in [5, 5.41) is 0.551. The first-order chi connectivity index (χ1) is 7.24. The van der Waals surface area contributed by atoms with Crippen LogP contribution in [0.25, 0.3) is 10.1 Å². The lowest BCUT2D eigenvalue weighted by Gasteiger charge is -1.97. The molecule has 2 aromatic rings. The lowest BCUT2D eigenvalue weighted by atomic mass is 10.3. The third-order valence-corrected chi connectivity index (χ3v) is 2.98. The van der Waals surface area contributed by atoms with Gasteiger partial charge in [-0.05, 0) is 30.6 Å². The molecule has 0 unspecified atom stereocenters. The zero-order valence-corrected chi connectivity index (χ0v) is 8.91. The Hall–Kier alpha value is -1.62. The van der Waals surface area contributed by atoms with Gasteiger partial charge in [-0.25, -0.2) is 4.79 Å². The number of rotatable bonds is 1. The molecule has 0 saturated carbocycles. The molecule has 0 saturated heterocycles. The second-order valence-corrected chi connectivity index (χ2v) is 3.87. The third-order valence-electron chi connectivity index (χ3n) is 1.93. The highest BCUT2D eigenvalue weighted by Crippen LogP contribution is 2.15. The minimum absolute atomic E-state index is 0.263. The minimum Gasteiger partial charge on any atom is -0.449 e. The van der Waals surface area contributed by atoms with E-state index < -0.39 is 6.09 Å². The average Bonchev–Trinajstić information content (AvgIpc) is 2.57. The first-order valence-electron chi connectivity index (χ1n) is 4.52. The van der Waals surface area contributed by atoms with Crippen molar-refractivity contribution in [3.8, 4) is 0 Å². The van der Waals surface area contributed by atoms with Gasteiger partial charge in [0.05, 0.1) is 16.7 Å². The highest BCUT2D eigenvalue weighted by Gasteiger charge is 2.13. The molecule has 0 fully saturated rings. The lowest BCUT2D eigenvalue weighted by molar-refractivity contribution is 0.156. The second kappa shape index (κ2) is 3.86. The fourth-order valence-electron chi connectivity index (χ4n) is 1.27. The maximum Gasteiger partial charge on any atom is 0.430 e. The SMILES string of the molecule is CCOC(=O)n1sc2ccccc2c1=O. The fraction of sp³-hybridized carbons (Fsp3) is 0.200. The quantitative estimate of drug-likeness (QED) is 0.743. The van der Waals surface area contributed by atoms with Crippen LogP contribution in [0.5, 0.6) is 0 Å². The summed E-state index contributed by atoms with van der Waals surface area (Å²) in [5.74, 6) is 0. The van der Waals surface area contributed by atoms with Crippen LogP contribution in [0.4, 0.5) is 4.79 Å². The van der Waals surface area contributed by atoms with Crippen molar-refractivity contribution in [2.24, 2.45) is 0 Å². The predicted molar refractivity (Wildman–Crippen MR) is 58.5 cm³/mol. The van der Waals surface area contributed by atoms with Crippen LogP contribution in [0.2, 0.25) is 0 Å². The lowest BCUT2D eigenvalue weighted by Crippen LogP contribution is -2.22. The normalized spacial score (nSPS) is 10.5. The van der Waals surface area contributed by atoms with E-state index in [1.807, 2.05) is 6.07 Å². The Morgan fingerprint density at radius 1 is 1.47 bits per heavy atom. The Bertz CT molecular complexity index is 555. The van der Waals surface area contributed by atoms with E-state index in [1.165, 1.54) is 0 Å². The molecular formula is C10H9NO3S. The third kappa shape index (κ3) is 1.66. The molecule has 0 bridgehead atoms. The summed E-state index contributed by atoms with van der Waals surface area (Å²) in [5.41, 5.74) is -0.311. The molecule has 2 rings (SSSR count). The summed E-state index contributed by atoms with van der Waals surface area (Å²) >= 11 is 1.10. The summed E-state index contributed by atoms with van der Waals surface area (Å²) in [6, 6.07) is 7.10. The Morgan fingerprint density at radius 2 is 2.20 bits per heavy atom. The van der Waals surface area contributed by atoms with Crippen molar-refractivity contribution in [3.05, 3.63) is 34.6 Å². The van der Waals surface area contributed by atoms with E-state index >= 15 is 0 Å². The number of fused-ring (bicyclic) bond motifs is 1. The molecule has 0 radical (unpaired) electrons. The number of aromatic nitrogens is 1. The van der Waals surface area contributed by atoms with Crippen LogP contribution < -0.4 is 5.56 Å². The molecular weight excluding hydrogens is 214 g/mol. The summed E-state index contributed by atoms with van der Waals surface area (Å²) in [4.78, 5) is 23.1. The van der Waals surface area contributed by atoms with E-state index in [0.717, 1.165) is 20.2 Å². The molecule has 1 aromatic heterocycles. The van der Waals surface area contributed by atoms with E-state index in [0.29, 0.717) is 5.39 Å². The van der Waals surface area contributed by atoms with E-state index in [4.69, 9.17) is 4.74 Å². The van der Waals surface area contributed by atoms with Gasteiger partial charge in [0.1, 0.15) is 0 Å². The predicted octanol–water partition coefficient (Wildman–Crippen LogP) is 2.07. The van der Waals surface area contributed by atoms with E-state index in [2.05, 4.69) is 0 Å². The van der Waals surface area contributed by atoms with Crippen molar-refractivity contribution < 1.29 is 9.53 Å². The van der Waals surface area contributed by atoms with Crippen LogP contribution in [-0.2, 0) is 4.74 Å². The number of hydrogen-bond donors (Lipinski definition) is 0. The first kappa shape index (κ1) is 9.92. The number of carbonyl (C=O) groups is 1. The maximum absolute atomic E-state index is 11.7. The van der Waals surface area contributed by atoms with Crippen LogP contribution in [0.15, 0.2) is 29.1 Å². The fourth-order valence-corrected chi connectivity index (χ4v) is 2.17. The summed E-state index contributed by atoms with van der Waals surface area (Å²) in [6.07, 6.45) is -0.608. The Morgan fingerprint density at radius 3 is 2.87 bits per heavy atom.